The number of ether oxygens (including phenoxy) is 2. The van der Waals surface area contributed by atoms with Gasteiger partial charge in [0.25, 0.3) is 0 Å². The first kappa shape index (κ1) is 20.4. The Morgan fingerprint density at radius 3 is 2.38 bits per heavy atom. The second kappa shape index (κ2) is 12.0. The van der Waals surface area contributed by atoms with Gasteiger partial charge in [-0.1, -0.05) is 31.4 Å². The summed E-state index contributed by atoms with van der Waals surface area (Å²) in [7, 11) is 0. The fourth-order valence-electron chi connectivity index (χ4n) is 2.00. The number of hydrogen-bond acceptors (Lipinski definition) is 3. The molecule has 0 atom stereocenters. The average molecular weight is 336 g/mol. The third-order valence-corrected chi connectivity index (χ3v) is 3.22. The smallest absolute Gasteiger partial charge is 0.179 e. The average Bonchev–Trinajstić information content (AvgIpc) is 2.43. The Morgan fingerprint density at radius 2 is 1.76 bits per heavy atom. The summed E-state index contributed by atoms with van der Waals surface area (Å²) in [5, 5.41) is 4.04. The zero-order chi connectivity index (χ0) is 14.8. The Bertz CT molecular complexity index is 400. The summed E-state index contributed by atoms with van der Waals surface area (Å²) in [6.07, 6.45) is 3.71. The van der Waals surface area contributed by atoms with E-state index >= 15 is 0 Å². The first-order valence-electron chi connectivity index (χ1n) is 7.51. The minimum atomic E-state index is 0. The van der Waals surface area contributed by atoms with E-state index in [0.29, 0.717) is 24.0 Å². The highest BCUT2D eigenvalue weighted by Gasteiger charge is 2.11. The first-order chi connectivity index (χ1) is 9.72. The molecule has 1 rings (SSSR count). The van der Waals surface area contributed by atoms with Gasteiger partial charge in [-0.05, 0) is 44.5 Å². The summed E-state index contributed by atoms with van der Waals surface area (Å²) in [5.74, 6) is 1.37. The first-order valence-corrected chi connectivity index (χ1v) is 7.89. The molecule has 0 saturated carbocycles. The molecule has 0 unspecified atom stereocenters. The van der Waals surface area contributed by atoms with Crippen molar-refractivity contribution in [3.8, 4) is 11.5 Å². The highest BCUT2D eigenvalue weighted by Crippen LogP contribution is 2.36. The predicted octanol–water partition coefficient (Wildman–Crippen LogP) is 4.84. The number of nitrogens with one attached hydrogen (secondary N) is 1. The second-order valence-corrected chi connectivity index (χ2v) is 5.06. The van der Waals surface area contributed by atoms with E-state index in [2.05, 4.69) is 12.2 Å². The Kier molecular flexibility index (Phi) is 11.6. The standard InChI is InChI=1S/C16H26ClNO2.ClH/c1-4-7-8-9-18-12-13-10-14(17)16(20-6-3)15(11-13)19-5-2;/h10-11,18H,4-9,12H2,1-3H3;1H. The van der Waals surface area contributed by atoms with E-state index in [9.17, 15) is 0 Å². The Labute approximate surface area is 139 Å². The van der Waals surface area contributed by atoms with Gasteiger partial charge in [-0.3, -0.25) is 0 Å². The lowest BCUT2D eigenvalue weighted by Gasteiger charge is -2.14. The SMILES string of the molecule is CCCCCNCc1cc(Cl)c(OCC)c(OCC)c1.Cl. The maximum Gasteiger partial charge on any atom is 0.179 e. The van der Waals surface area contributed by atoms with Gasteiger partial charge in [-0.25, -0.2) is 0 Å². The Morgan fingerprint density at radius 1 is 1.05 bits per heavy atom. The van der Waals surface area contributed by atoms with Gasteiger partial charge >= 0.3 is 0 Å². The molecule has 5 heteroatoms. The van der Waals surface area contributed by atoms with Crippen molar-refractivity contribution in [3.63, 3.8) is 0 Å². The Hall–Kier alpha value is -0.640. The normalized spacial score (nSPS) is 10.1. The molecule has 0 spiro atoms. The van der Waals surface area contributed by atoms with Crippen molar-refractivity contribution in [3.05, 3.63) is 22.7 Å². The molecular formula is C16H27Cl2NO2. The molecule has 1 aromatic carbocycles. The van der Waals surface area contributed by atoms with E-state index in [1.807, 2.05) is 26.0 Å². The maximum absolute atomic E-state index is 6.28. The van der Waals surface area contributed by atoms with Gasteiger partial charge in [0.2, 0.25) is 0 Å². The fourth-order valence-corrected chi connectivity index (χ4v) is 2.29. The number of unbranched alkanes of at least 4 members (excludes halogenated alkanes) is 2. The summed E-state index contributed by atoms with van der Waals surface area (Å²) in [6, 6.07) is 3.95. The molecule has 1 N–H and O–H groups in total. The number of rotatable bonds is 10. The molecule has 0 heterocycles. The summed E-state index contributed by atoms with van der Waals surface area (Å²) < 4.78 is 11.2. The minimum absolute atomic E-state index is 0. The molecule has 3 nitrogen and oxygen atoms in total. The molecule has 0 aromatic heterocycles. The van der Waals surface area contributed by atoms with Crippen molar-refractivity contribution in [1.82, 2.24) is 5.32 Å². The van der Waals surface area contributed by atoms with Crippen molar-refractivity contribution >= 4 is 24.0 Å². The van der Waals surface area contributed by atoms with E-state index in [-0.39, 0.29) is 12.4 Å². The van der Waals surface area contributed by atoms with Gasteiger partial charge in [0.05, 0.1) is 18.2 Å². The van der Waals surface area contributed by atoms with Crippen molar-refractivity contribution < 1.29 is 9.47 Å². The minimum Gasteiger partial charge on any atom is -0.490 e. The third-order valence-electron chi connectivity index (χ3n) is 2.94. The number of halogens is 2. The summed E-state index contributed by atoms with van der Waals surface area (Å²) in [5.41, 5.74) is 1.12. The zero-order valence-corrected chi connectivity index (χ0v) is 14.8. The lowest BCUT2D eigenvalue weighted by molar-refractivity contribution is 0.287. The van der Waals surface area contributed by atoms with Crippen LogP contribution >= 0.6 is 24.0 Å². The van der Waals surface area contributed by atoms with E-state index in [0.717, 1.165) is 24.4 Å². The molecule has 0 aliphatic rings. The lowest BCUT2D eigenvalue weighted by atomic mass is 10.2. The molecule has 122 valence electrons. The number of hydrogen-bond donors (Lipinski definition) is 1. The van der Waals surface area contributed by atoms with Crippen LogP contribution in [-0.4, -0.2) is 19.8 Å². The largest absolute Gasteiger partial charge is 0.490 e. The quantitative estimate of drug-likeness (QED) is 0.620. The highest BCUT2D eigenvalue weighted by molar-refractivity contribution is 6.32. The van der Waals surface area contributed by atoms with Gasteiger partial charge in [0.1, 0.15) is 0 Å². The lowest BCUT2D eigenvalue weighted by Crippen LogP contribution is -2.14. The molecule has 1 aromatic rings. The van der Waals surface area contributed by atoms with E-state index in [1.165, 1.54) is 19.3 Å². The van der Waals surface area contributed by atoms with E-state index < -0.39 is 0 Å². The van der Waals surface area contributed by atoms with Gasteiger partial charge in [-0.15, -0.1) is 12.4 Å². The van der Waals surface area contributed by atoms with E-state index in [4.69, 9.17) is 21.1 Å². The summed E-state index contributed by atoms with van der Waals surface area (Å²) >= 11 is 6.28. The van der Waals surface area contributed by atoms with Crippen LogP contribution in [0.1, 0.15) is 45.6 Å². The van der Waals surface area contributed by atoms with Gasteiger partial charge in [-0.2, -0.15) is 0 Å². The van der Waals surface area contributed by atoms with Crippen LogP contribution in [-0.2, 0) is 6.54 Å². The van der Waals surface area contributed by atoms with Crippen LogP contribution in [0.2, 0.25) is 5.02 Å². The van der Waals surface area contributed by atoms with Gasteiger partial charge < -0.3 is 14.8 Å². The zero-order valence-electron chi connectivity index (χ0n) is 13.2. The molecule has 0 aliphatic carbocycles. The van der Waals surface area contributed by atoms with Crippen molar-refractivity contribution in [2.45, 2.75) is 46.6 Å². The number of benzene rings is 1. The predicted molar refractivity (Wildman–Crippen MR) is 92.3 cm³/mol. The molecule has 0 radical (unpaired) electrons. The van der Waals surface area contributed by atoms with E-state index in [1.54, 1.807) is 0 Å². The maximum atomic E-state index is 6.28. The summed E-state index contributed by atoms with van der Waals surface area (Å²) in [4.78, 5) is 0. The molecule has 0 aliphatic heterocycles. The van der Waals surface area contributed by atoms with Crippen LogP contribution in [0.4, 0.5) is 0 Å². The molecular weight excluding hydrogens is 309 g/mol. The molecule has 0 bridgehead atoms. The molecule has 0 saturated heterocycles. The fraction of sp³-hybridized carbons (Fsp3) is 0.625. The second-order valence-electron chi connectivity index (χ2n) is 4.65. The molecule has 21 heavy (non-hydrogen) atoms. The topological polar surface area (TPSA) is 30.5 Å². The van der Waals surface area contributed by atoms with Crippen LogP contribution in [0.5, 0.6) is 11.5 Å². The van der Waals surface area contributed by atoms with Crippen molar-refractivity contribution in [2.24, 2.45) is 0 Å². The van der Waals surface area contributed by atoms with Crippen LogP contribution in [0.15, 0.2) is 12.1 Å². The molecule has 0 amide bonds. The molecule has 0 fully saturated rings. The highest BCUT2D eigenvalue weighted by atomic mass is 35.5. The van der Waals surface area contributed by atoms with Crippen LogP contribution in [0, 0.1) is 0 Å². The van der Waals surface area contributed by atoms with Gasteiger partial charge in [0.15, 0.2) is 11.5 Å². The third kappa shape index (κ3) is 7.25. The van der Waals surface area contributed by atoms with Gasteiger partial charge in [0, 0.05) is 6.54 Å². The Balaban J connectivity index is 0.00000400. The van der Waals surface area contributed by atoms with Crippen LogP contribution < -0.4 is 14.8 Å². The summed E-state index contributed by atoms with van der Waals surface area (Å²) in [6.45, 7) is 9.12. The van der Waals surface area contributed by atoms with Crippen molar-refractivity contribution in [2.75, 3.05) is 19.8 Å². The van der Waals surface area contributed by atoms with Crippen LogP contribution in [0.3, 0.4) is 0 Å². The van der Waals surface area contributed by atoms with Crippen molar-refractivity contribution in [1.29, 1.82) is 0 Å². The van der Waals surface area contributed by atoms with Crippen LogP contribution in [0.25, 0.3) is 0 Å². The monoisotopic (exact) mass is 335 g/mol.